The number of benzene rings is 3. The molecule has 1 N–H and O–H groups in total. The summed E-state index contributed by atoms with van der Waals surface area (Å²) in [4.78, 5) is 0. The minimum Gasteiger partial charge on any atom is -0.310 e. The van der Waals surface area contributed by atoms with E-state index in [2.05, 4.69) is 5.32 Å². The third kappa shape index (κ3) is 4.44. The number of hydrogen-bond acceptors (Lipinski definition) is 1. The predicted molar refractivity (Wildman–Crippen MR) is 100 cm³/mol. The summed E-state index contributed by atoms with van der Waals surface area (Å²) in [6.07, 6.45) is -4.91. The first-order valence-electron chi connectivity index (χ1n) is 11.2. The van der Waals surface area contributed by atoms with Crippen molar-refractivity contribution >= 4 is 10.8 Å². The summed E-state index contributed by atoms with van der Waals surface area (Å²) in [6.45, 7) is -5.28. The first kappa shape index (κ1) is 12.1. The molecule has 0 heterocycles. The van der Waals surface area contributed by atoms with Crippen LogP contribution in [0.1, 0.15) is 44.2 Å². The van der Waals surface area contributed by atoms with E-state index in [4.69, 9.17) is 8.22 Å². The van der Waals surface area contributed by atoms with Gasteiger partial charge in [0.15, 0.2) is 0 Å². The zero-order valence-electron chi connectivity index (χ0n) is 19.9. The van der Waals surface area contributed by atoms with Crippen LogP contribution in [0.3, 0.4) is 0 Å². The van der Waals surface area contributed by atoms with Crippen molar-refractivity contribution in [1.29, 1.82) is 0 Å². The zero-order chi connectivity index (χ0) is 23.8. The summed E-state index contributed by atoms with van der Waals surface area (Å²) in [6, 6.07) is 13.8. The van der Waals surface area contributed by atoms with Crippen molar-refractivity contribution in [2.75, 3.05) is 6.50 Å². The van der Waals surface area contributed by atoms with Gasteiger partial charge in [0.25, 0.3) is 0 Å². The lowest BCUT2D eigenvalue weighted by Crippen LogP contribution is -2.20. The molecule has 0 aliphatic rings. The third-order valence-corrected chi connectivity index (χ3v) is 4.07. The maximum Gasteiger partial charge on any atom is 0.416 e. The molecule has 0 radical (unpaired) electrons. The van der Waals surface area contributed by atoms with Crippen LogP contribution < -0.4 is 5.32 Å². The number of halogens is 3. The normalized spacial score (nSPS) is 18.7. The van der Waals surface area contributed by atoms with Crippen LogP contribution in [0.4, 0.5) is 13.2 Å². The quantitative estimate of drug-likeness (QED) is 0.554. The van der Waals surface area contributed by atoms with Crippen LogP contribution in [-0.4, -0.2) is 6.50 Å². The molecule has 0 saturated heterocycles. The minimum atomic E-state index is -4.51. The maximum atomic E-state index is 12.9. The van der Waals surface area contributed by atoms with Crippen molar-refractivity contribution in [2.24, 2.45) is 0 Å². The van der Waals surface area contributed by atoms with Gasteiger partial charge < -0.3 is 5.32 Å². The molecule has 1 nitrogen and oxygen atoms in total. The molecule has 0 bridgehead atoms. The van der Waals surface area contributed by atoms with Crippen molar-refractivity contribution in [3.05, 3.63) is 83.4 Å². The minimum absolute atomic E-state index is 0.0729. The van der Waals surface area contributed by atoms with Crippen molar-refractivity contribution in [1.82, 2.24) is 5.32 Å². The van der Waals surface area contributed by atoms with Crippen molar-refractivity contribution in [2.45, 2.75) is 31.9 Å². The largest absolute Gasteiger partial charge is 0.416 e. The monoisotopic (exact) mass is 363 g/mol. The van der Waals surface area contributed by atoms with Crippen molar-refractivity contribution in [3.63, 3.8) is 0 Å². The Morgan fingerprint density at radius 3 is 2.65 bits per heavy atom. The fourth-order valence-electron chi connectivity index (χ4n) is 2.77. The number of fused-ring (bicyclic) bond motifs is 1. The maximum absolute atomic E-state index is 12.9. The standard InChI is InChI=1S/C22H22F3N/c1-16(20-13-5-10-18-9-2-3-12-21(18)20)26-14-6-8-17-7-4-11-19(15-17)22(23,24)25/h2-5,7,9-13,15-16,26H,6,8,14H2,1H3/t16-/m1/s1/i1D3,14D2,16D. The molecule has 0 aliphatic heterocycles. The molecular weight excluding hydrogens is 335 g/mol. The lowest BCUT2D eigenvalue weighted by molar-refractivity contribution is -0.137. The van der Waals surface area contributed by atoms with Crippen LogP contribution in [0.5, 0.6) is 0 Å². The highest BCUT2D eigenvalue weighted by atomic mass is 19.4. The van der Waals surface area contributed by atoms with E-state index in [1.54, 1.807) is 36.4 Å². The van der Waals surface area contributed by atoms with Gasteiger partial charge in [0.05, 0.1) is 6.93 Å². The van der Waals surface area contributed by atoms with E-state index in [9.17, 15) is 13.2 Å². The van der Waals surface area contributed by atoms with Gasteiger partial charge in [-0.25, -0.2) is 0 Å². The molecule has 0 aliphatic carbocycles. The number of nitrogens with one attached hydrogen (secondary N) is 1. The molecular formula is C22H22F3N. The molecule has 0 amide bonds. The van der Waals surface area contributed by atoms with Gasteiger partial charge in [0, 0.05) is 12.9 Å². The van der Waals surface area contributed by atoms with Crippen LogP contribution in [0.2, 0.25) is 0 Å². The number of aryl methyl sites for hydroxylation is 1. The summed E-state index contributed by atoms with van der Waals surface area (Å²) in [7, 11) is 0. The lowest BCUT2D eigenvalue weighted by Gasteiger charge is -2.17. The van der Waals surface area contributed by atoms with Gasteiger partial charge in [-0.1, -0.05) is 60.7 Å². The second-order valence-electron chi connectivity index (χ2n) is 5.90. The van der Waals surface area contributed by atoms with Gasteiger partial charge in [0.1, 0.15) is 0 Å². The SMILES string of the molecule is [2H]C([2H])(CCc1cccc(C(F)(F)F)c1)N[C@@]([2H])(c1cccc2ccccc12)C([2H])([2H])[2H]. The average Bonchev–Trinajstić information content (AvgIpc) is 2.70. The molecule has 3 rings (SSSR count). The number of alkyl halides is 3. The highest BCUT2D eigenvalue weighted by Crippen LogP contribution is 2.29. The Hall–Kier alpha value is -2.33. The van der Waals surface area contributed by atoms with E-state index < -0.39 is 31.1 Å². The Morgan fingerprint density at radius 2 is 1.85 bits per heavy atom. The summed E-state index contributed by atoms with van der Waals surface area (Å²) >= 11 is 0. The highest BCUT2D eigenvalue weighted by molar-refractivity contribution is 5.86. The van der Waals surface area contributed by atoms with Gasteiger partial charge >= 0.3 is 6.18 Å². The van der Waals surface area contributed by atoms with Gasteiger partial charge in [-0.3, -0.25) is 0 Å². The topological polar surface area (TPSA) is 12.0 Å². The van der Waals surface area contributed by atoms with Crippen molar-refractivity contribution in [3.8, 4) is 0 Å². The van der Waals surface area contributed by atoms with Crippen LogP contribution in [0.25, 0.3) is 10.8 Å². The van der Waals surface area contributed by atoms with Gasteiger partial charge in [-0.2, -0.15) is 13.2 Å². The summed E-state index contributed by atoms with van der Waals surface area (Å²) < 4.78 is 88.1. The smallest absolute Gasteiger partial charge is 0.310 e. The molecule has 26 heavy (non-hydrogen) atoms. The number of rotatable bonds is 6. The van der Waals surface area contributed by atoms with E-state index in [1.807, 2.05) is 0 Å². The van der Waals surface area contributed by atoms with E-state index in [0.29, 0.717) is 10.8 Å². The molecule has 0 saturated carbocycles. The van der Waals surface area contributed by atoms with Gasteiger partial charge in [-0.05, 0) is 54.2 Å². The second kappa shape index (κ2) is 7.92. The molecule has 3 aromatic carbocycles. The van der Waals surface area contributed by atoms with E-state index in [0.717, 1.165) is 12.1 Å². The Balaban J connectivity index is 1.90. The average molecular weight is 363 g/mol. The van der Waals surface area contributed by atoms with Crippen LogP contribution in [0.15, 0.2) is 66.7 Å². The fraction of sp³-hybridized carbons (Fsp3) is 0.273. The Morgan fingerprint density at radius 1 is 1.08 bits per heavy atom. The van der Waals surface area contributed by atoms with Crippen LogP contribution >= 0.6 is 0 Å². The molecule has 136 valence electrons. The van der Waals surface area contributed by atoms with Gasteiger partial charge in [0.2, 0.25) is 0 Å². The highest BCUT2D eigenvalue weighted by Gasteiger charge is 2.30. The van der Waals surface area contributed by atoms with Gasteiger partial charge in [-0.15, -0.1) is 0 Å². The predicted octanol–water partition coefficient (Wildman–Crippen LogP) is 6.14. The van der Waals surface area contributed by atoms with E-state index in [1.165, 1.54) is 18.2 Å². The Kier molecular flexibility index (Phi) is 3.69. The molecule has 0 unspecified atom stereocenters. The number of hydrogen-bond donors (Lipinski definition) is 1. The van der Waals surface area contributed by atoms with Crippen molar-refractivity contribution < 1.29 is 21.4 Å². The summed E-state index contributed by atoms with van der Waals surface area (Å²) in [5, 5.41) is 3.56. The first-order chi connectivity index (χ1) is 14.7. The van der Waals surface area contributed by atoms with E-state index in [-0.39, 0.29) is 24.0 Å². The second-order valence-corrected chi connectivity index (χ2v) is 5.90. The first-order valence-corrected chi connectivity index (χ1v) is 8.17. The molecule has 0 fully saturated rings. The van der Waals surface area contributed by atoms with Crippen LogP contribution in [-0.2, 0) is 12.6 Å². The zero-order valence-corrected chi connectivity index (χ0v) is 13.9. The molecule has 3 aromatic rings. The molecule has 0 spiro atoms. The summed E-state index contributed by atoms with van der Waals surface area (Å²) in [5.41, 5.74) is -0.477. The molecule has 4 heteroatoms. The molecule has 0 aromatic heterocycles. The van der Waals surface area contributed by atoms with Crippen LogP contribution in [0, 0.1) is 0 Å². The third-order valence-electron chi connectivity index (χ3n) is 4.07. The summed E-state index contributed by atoms with van der Waals surface area (Å²) in [5.74, 6) is 0. The van der Waals surface area contributed by atoms with E-state index >= 15 is 0 Å². The lowest BCUT2D eigenvalue weighted by atomic mass is 9.99. The Bertz CT molecular complexity index is 1090. The fourth-order valence-corrected chi connectivity index (χ4v) is 2.77. The Labute approximate surface area is 160 Å². The molecule has 1 atom stereocenters.